The Balaban J connectivity index is 1.74. The van der Waals surface area contributed by atoms with E-state index in [9.17, 15) is 0 Å². The highest BCUT2D eigenvalue weighted by Gasteiger charge is 2.11. The lowest BCUT2D eigenvalue weighted by atomic mass is 10.2. The van der Waals surface area contributed by atoms with Crippen molar-refractivity contribution in [2.24, 2.45) is 0 Å². The normalized spacial score (nSPS) is 20.2. The van der Waals surface area contributed by atoms with Crippen molar-refractivity contribution in [3.63, 3.8) is 0 Å². The van der Waals surface area contributed by atoms with Crippen molar-refractivity contribution in [2.45, 2.75) is 12.7 Å². The number of rotatable bonds is 3. The van der Waals surface area contributed by atoms with Crippen LogP contribution < -0.4 is 0 Å². The van der Waals surface area contributed by atoms with Gasteiger partial charge in [-0.2, -0.15) is 0 Å². The molecule has 1 aliphatic rings. The molecule has 0 bridgehead atoms. The second kappa shape index (κ2) is 10.7. The van der Waals surface area contributed by atoms with Crippen LogP contribution in [0.3, 0.4) is 0 Å². The molecular formula is C16H24O5. The Labute approximate surface area is 126 Å². The highest BCUT2D eigenvalue weighted by molar-refractivity contribution is 5.13. The van der Waals surface area contributed by atoms with Gasteiger partial charge in [-0.1, -0.05) is 30.3 Å². The Morgan fingerprint density at radius 2 is 1.29 bits per heavy atom. The van der Waals surface area contributed by atoms with Crippen LogP contribution in [0.25, 0.3) is 0 Å². The van der Waals surface area contributed by atoms with E-state index in [0.717, 1.165) is 5.56 Å². The quantitative estimate of drug-likeness (QED) is 0.849. The standard InChI is InChI=1S/C16H24O5/c1-2-4-15(5-3-1)12-21-16-13-19-10-8-17-6-7-18-9-11-20-14-16/h1-5,16H,6-14H2. The van der Waals surface area contributed by atoms with Crippen molar-refractivity contribution in [1.82, 2.24) is 0 Å². The topological polar surface area (TPSA) is 46.2 Å². The molecule has 1 aromatic rings. The number of hydrogen-bond donors (Lipinski definition) is 0. The third-order valence-corrected chi connectivity index (χ3v) is 3.05. The molecule has 1 aromatic carbocycles. The maximum absolute atomic E-state index is 5.87. The molecule has 1 saturated heterocycles. The molecule has 0 aromatic heterocycles. The van der Waals surface area contributed by atoms with E-state index >= 15 is 0 Å². The summed E-state index contributed by atoms with van der Waals surface area (Å²) in [4.78, 5) is 0. The molecule has 118 valence electrons. The Hall–Kier alpha value is -0.980. The molecule has 1 fully saturated rings. The first kappa shape index (κ1) is 16.4. The summed E-state index contributed by atoms with van der Waals surface area (Å²) in [5.74, 6) is 0. The zero-order valence-electron chi connectivity index (χ0n) is 12.4. The van der Waals surface area contributed by atoms with E-state index in [1.165, 1.54) is 0 Å². The molecule has 0 aliphatic carbocycles. The minimum atomic E-state index is -0.0778. The van der Waals surface area contributed by atoms with Crippen molar-refractivity contribution >= 4 is 0 Å². The van der Waals surface area contributed by atoms with E-state index in [0.29, 0.717) is 59.5 Å². The minimum Gasteiger partial charge on any atom is -0.377 e. The van der Waals surface area contributed by atoms with Gasteiger partial charge in [0.2, 0.25) is 0 Å². The van der Waals surface area contributed by atoms with Crippen molar-refractivity contribution in [3.05, 3.63) is 35.9 Å². The van der Waals surface area contributed by atoms with Crippen LogP contribution in [0, 0.1) is 0 Å². The first-order valence-corrected chi connectivity index (χ1v) is 7.41. The van der Waals surface area contributed by atoms with Gasteiger partial charge in [-0.25, -0.2) is 0 Å². The maximum atomic E-state index is 5.87. The van der Waals surface area contributed by atoms with Gasteiger partial charge in [0.1, 0.15) is 6.10 Å². The summed E-state index contributed by atoms with van der Waals surface area (Å²) in [5.41, 5.74) is 1.15. The van der Waals surface area contributed by atoms with Crippen molar-refractivity contribution < 1.29 is 23.7 Å². The lowest BCUT2D eigenvalue weighted by molar-refractivity contribution is -0.0731. The van der Waals surface area contributed by atoms with Crippen LogP contribution in [-0.4, -0.2) is 59.0 Å². The lowest BCUT2D eigenvalue weighted by Crippen LogP contribution is -2.27. The molecule has 0 amide bonds. The molecule has 2 rings (SSSR count). The molecular weight excluding hydrogens is 272 g/mol. The minimum absolute atomic E-state index is 0.0778. The van der Waals surface area contributed by atoms with Gasteiger partial charge in [0.25, 0.3) is 0 Å². The van der Waals surface area contributed by atoms with Crippen molar-refractivity contribution in [2.75, 3.05) is 52.9 Å². The fourth-order valence-corrected chi connectivity index (χ4v) is 1.92. The number of ether oxygens (including phenoxy) is 5. The van der Waals surface area contributed by atoms with Gasteiger partial charge in [0.15, 0.2) is 0 Å². The van der Waals surface area contributed by atoms with E-state index in [2.05, 4.69) is 0 Å². The summed E-state index contributed by atoms with van der Waals surface area (Å²) in [5, 5.41) is 0. The van der Waals surface area contributed by atoms with Crippen molar-refractivity contribution in [3.8, 4) is 0 Å². The summed E-state index contributed by atoms with van der Waals surface area (Å²) >= 11 is 0. The van der Waals surface area contributed by atoms with E-state index in [-0.39, 0.29) is 6.10 Å². The summed E-state index contributed by atoms with van der Waals surface area (Å²) in [7, 11) is 0. The number of hydrogen-bond acceptors (Lipinski definition) is 5. The third kappa shape index (κ3) is 7.55. The smallest absolute Gasteiger partial charge is 0.105 e. The van der Waals surface area contributed by atoms with Gasteiger partial charge in [-0.3, -0.25) is 0 Å². The van der Waals surface area contributed by atoms with Crippen LogP contribution >= 0.6 is 0 Å². The molecule has 0 saturated carbocycles. The Kier molecular flexibility index (Phi) is 8.36. The molecule has 0 atom stereocenters. The van der Waals surface area contributed by atoms with Gasteiger partial charge in [0, 0.05) is 0 Å². The highest BCUT2D eigenvalue weighted by atomic mass is 16.6. The summed E-state index contributed by atoms with van der Waals surface area (Å²) in [6.45, 7) is 5.05. The summed E-state index contributed by atoms with van der Waals surface area (Å²) < 4.78 is 27.8. The van der Waals surface area contributed by atoms with Gasteiger partial charge >= 0.3 is 0 Å². The molecule has 0 unspecified atom stereocenters. The van der Waals surface area contributed by atoms with Crippen LogP contribution in [0.2, 0.25) is 0 Å². The summed E-state index contributed by atoms with van der Waals surface area (Å²) in [6, 6.07) is 10.1. The van der Waals surface area contributed by atoms with Gasteiger partial charge in [-0.15, -0.1) is 0 Å². The van der Waals surface area contributed by atoms with E-state index in [1.54, 1.807) is 0 Å². The fraction of sp³-hybridized carbons (Fsp3) is 0.625. The molecule has 0 radical (unpaired) electrons. The average molecular weight is 296 g/mol. The fourth-order valence-electron chi connectivity index (χ4n) is 1.92. The molecule has 5 heteroatoms. The second-order valence-corrected chi connectivity index (χ2v) is 4.79. The van der Waals surface area contributed by atoms with Crippen LogP contribution in [-0.2, 0) is 30.3 Å². The average Bonchev–Trinajstić information content (AvgIpc) is 2.55. The van der Waals surface area contributed by atoms with Crippen LogP contribution in [0.1, 0.15) is 5.56 Å². The van der Waals surface area contributed by atoms with Crippen molar-refractivity contribution in [1.29, 1.82) is 0 Å². The van der Waals surface area contributed by atoms with E-state index in [1.807, 2.05) is 30.3 Å². The maximum Gasteiger partial charge on any atom is 0.105 e. The molecule has 0 N–H and O–H groups in total. The first-order valence-electron chi connectivity index (χ1n) is 7.41. The molecule has 1 aliphatic heterocycles. The highest BCUT2D eigenvalue weighted by Crippen LogP contribution is 2.05. The van der Waals surface area contributed by atoms with E-state index in [4.69, 9.17) is 23.7 Å². The summed E-state index contributed by atoms with van der Waals surface area (Å²) in [6.07, 6.45) is -0.0778. The van der Waals surface area contributed by atoms with Crippen LogP contribution in [0.4, 0.5) is 0 Å². The van der Waals surface area contributed by atoms with Crippen LogP contribution in [0.5, 0.6) is 0 Å². The molecule has 1 heterocycles. The Morgan fingerprint density at radius 3 is 1.86 bits per heavy atom. The third-order valence-electron chi connectivity index (χ3n) is 3.05. The first-order chi connectivity index (χ1) is 10.4. The Bertz CT molecular complexity index is 343. The molecule has 5 nitrogen and oxygen atoms in total. The Morgan fingerprint density at radius 1 is 0.762 bits per heavy atom. The van der Waals surface area contributed by atoms with Crippen LogP contribution in [0.15, 0.2) is 30.3 Å². The zero-order chi connectivity index (χ0) is 14.6. The molecule has 0 spiro atoms. The number of benzene rings is 1. The second-order valence-electron chi connectivity index (χ2n) is 4.79. The predicted molar refractivity (Wildman–Crippen MR) is 78.3 cm³/mol. The zero-order valence-corrected chi connectivity index (χ0v) is 12.4. The monoisotopic (exact) mass is 296 g/mol. The lowest BCUT2D eigenvalue weighted by Gasteiger charge is -2.18. The SMILES string of the molecule is c1ccc(COC2COCCOCCOCCOC2)cc1. The predicted octanol–water partition coefficient (Wildman–Crippen LogP) is 1.65. The van der Waals surface area contributed by atoms with Gasteiger partial charge < -0.3 is 23.7 Å². The molecule has 21 heavy (non-hydrogen) atoms. The largest absolute Gasteiger partial charge is 0.377 e. The van der Waals surface area contributed by atoms with Gasteiger partial charge in [0.05, 0.1) is 59.5 Å². The van der Waals surface area contributed by atoms with Gasteiger partial charge in [-0.05, 0) is 5.56 Å². The van der Waals surface area contributed by atoms with E-state index < -0.39 is 0 Å².